The second-order valence-corrected chi connectivity index (χ2v) is 19.0. The summed E-state index contributed by atoms with van der Waals surface area (Å²) >= 11 is 0. The average Bonchev–Trinajstić information content (AvgIpc) is 3.00. The number of hydrogen-bond acceptors (Lipinski definition) is 4. The molecule has 0 atom stereocenters. The minimum absolute atomic E-state index is 0. The molecule has 0 spiro atoms. The van der Waals surface area contributed by atoms with Crippen LogP contribution in [0.5, 0.6) is 5.75 Å². The van der Waals surface area contributed by atoms with Gasteiger partial charge in [0.15, 0.2) is 5.78 Å². The number of aliphatic hydroxyl groups excluding tert-OH is 1. The number of pyridine rings is 1. The smallest absolute Gasteiger partial charge is 0.162 e. The van der Waals surface area contributed by atoms with Crippen LogP contribution in [-0.4, -0.2) is 31.1 Å². The Morgan fingerprint density at radius 3 is 1.96 bits per heavy atom. The van der Waals surface area contributed by atoms with E-state index < -0.39 is 8.07 Å². The average molecular weight is 843 g/mol. The van der Waals surface area contributed by atoms with Crippen LogP contribution in [0.3, 0.4) is 0 Å². The molecule has 4 rings (SSSR count). The summed E-state index contributed by atoms with van der Waals surface area (Å²) in [5, 5.41) is 12.4. The molecule has 4 aromatic rings. The summed E-state index contributed by atoms with van der Waals surface area (Å²) in [5.74, 6) is 1.44. The van der Waals surface area contributed by atoms with Gasteiger partial charge in [0.2, 0.25) is 0 Å². The molecule has 1 aromatic heterocycles. The topological polar surface area (TPSA) is 59.4 Å². The molecule has 261 valence electrons. The van der Waals surface area contributed by atoms with Gasteiger partial charge in [0, 0.05) is 43.4 Å². The van der Waals surface area contributed by atoms with Gasteiger partial charge in [-0.2, -0.15) is 0 Å². The zero-order chi connectivity index (χ0) is 35.1. The molecule has 0 unspecified atom stereocenters. The molecule has 0 fully saturated rings. The maximum atomic E-state index is 11.7. The van der Waals surface area contributed by atoms with Crippen LogP contribution in [0, 0.1) is 45.6 Å². The molecule has 0 aliphatic rings. The molecule has 0 aliphatic carbocycles. The van der Waals surface area contributed by atoms with Crippen LogP contribution in [0.1, 0.15) is 75.6 Å². The fourth-order valence-electron chi connectivity index (χ4n) is 6.32. The van der Waals surface area contributed by atoms with Gasteiger partial charge in [-0.3, -0.25) is 9.78 Å². The number of fused-ring (bicyclic) bond motifs is 1. The third kappa shape index (κ3) is 10.2. The van der Waals surface area contributed by atoms with Crippen molar-refractivity contribution in [1.29, 1.82) is 0 Å². The van der Waals surface area contributed by atoms with Crippen molar-refractivity contribution in [2.45, 2.75) is 101 Å². The molecular weight excluding hydrogens is 787 g/mol. The van der Waals surface area contributed by atoms with Crippen molar-refractivity contribution in [2.75, 3.05) is 7.11 Å². The molecule has 0 bridgehead atoms. The Balaban J connectivity index is 0.000000427. The van der Waals surface area contributed by atoms with Crippen molar-refractivity contribution in [3.63, 3.8) is 0 Å². The minimum atomic E-state index is -1.46. The number of aliphatic hydroxyl groups is 1. The summed E-state index contributed by atoms with van der Waals surface area (Å²) in [6.45, 7) is 23.8. The second kappa shape index (κ2) is 18.1. The van der Waals surface area contributed by atoms with E-state index in [0.717, 1.165) is 53.8 Å². The van der Waals surface area contributed by atoms with E-state index in [2.05, 4.69) is 102 Å². The number of carbonyl (C=O) groups excluding carboxylic acids is 1. The van der Waals surface area contributed by atoms with E-state index >= 15 is 0 Å². The monoisotopic (exact) mass is 843 g/mol. The first-order valence-corrected chi connectivity index (χ1v) is 20.7. The van der Waals surface area contributed by atoms with Crippen LogP contribution >= 0.6 is 0 Å². The number of nitrogens with zero attached hydrogens (tertiary/aromatic N) is 1. The van der Waals surface area contributed by atoms with Gasteiger partial charge in [0.1, 0.15) is 5.75 Å². The Bertz CT molecular complexity index is 1690. The maximum Gasteiger partial charge on any atom is 0.162 e. The van der Waals surface area contributed by atoms with E-state index in [1.54, 1.807) is 7.11 Å². The molecule has 48 heavy (non-hydrogen) atoms. The van der Waals surface area contributed by atoms with E-state index in [0.29, 0.717) is 0 Å². The number of ketones is 1. The predicted molar refractivity (Wildman–Crippen MR) is 204 cm³/mol. The maximum absolute atomic E-state index is 11.7. The molecule has 3 aromatic carbocycles. The predicted octanol–water partition coefficient (Wildman–Crippen LogP) is 11.0. The summed E-state index contributed by atoms with van der Waals surface area (Å²) in [6, 6.07) is 21.2. The van der Waals surface area contributed by atoms with Gasteiger partial charge in [-0.25, -0.2) is 0 Å². The molecule has 4 nitrogen and oxygen atoms in total. The number of methoxy groups -OCH3 is 1. The van der Waals surface area contributed by atoms with Crippen molar-refractivity contribution in [2.24, 2.45) is 11.8 Å². The Morgan fingerprint density at radius 1 is 0.875 bits per heavy atom. The van der Waals surface area contributed by atoms with E-state index in [4.69, 9.17) is 9.72 Å². The molecular formula is C42H56IrNO3Si-. The van der Waals surface area contributed by atoms with Gasteiger partial charge in [-0.05, 0) is 85.7 Å². The van der Waals surface area contributed by atoms with Crippen LogP contribution in [0.4, 0.5) is 0 Å². The summed E-state index contributed by atoms with van der Waals surface area (Å²) < 4.78 is 5.53. The van der Waals surface area contributed by atoms with Gasteiger partial charge < -0.3 is 9.84 Å². The summed E-state index contributed by atoms with van der Waals surface area (Å²) in [7, 11) is 0.263. The SMILES string of the molecule is CCC(CC)C(=O)/C=C(\O)C(CC)CC.COc1cc(C)c(-c2cc(-c3[c-]c(C)cc(C)c3)nc3ccc([Si](C)(C)C)cc23)c(C)c1.[Ir]. The molecule has 0 amide bonds. The van der Waals surface area contributed by atoms with E-state index in [-0.39, 0.29) is 43.5 Å². The van der Waals surface area contributed by atoms with Crippen LogP contribution in [-0.2, 0) is 24.9 Å². The first kappa shape index (κ1) is 41.1. The van der Waals surface area contributed by atoms with E-state index in [1.165, 1.54) is 44.5 Å². The summed E-state index contributed by atoms with van der Waals surface area (Å²) in [4.78, 5) is 16.8. The standard InChI is InChI=1S/C29H32NOSi.C13H24O2.Ir/c1-18-11-19(2)13-22(12-18)28-17-26(29-20(3)14-23(31-5)15-21(29)4)25-16-24(32(6,7)8)9-10-27(25)30-28;1-5-10(6-2)12(14)9-13(15)11(7-3)8-4;/h9-12,14-17H,1-8H3;9-11,14H,5-8H2,1-4H3;/q-1;;/b;12-9-;. The molecule has 1 radical (unpaired) electrons. The molecule has 1 N–H and O–H groups in total. The molecule has 0 saturated heterocycles. The number of allylic oxidation sites excluding steroid dienone is 2. The third-order valence-corrected chi connectivity index (χ3v) is 11.2. The Hall–Kier alpha value is -3.05. The van der Waals surface area contributed by atoms with Crippen LogP contribution in [0.25, 0.3) is 33.3 Å². The quantitative estimate of drug-likeness (QED) is 0.0707. The van der Waals surface area contributed by atoms with E-state index in [1.807, 2.05) is 27.7 Å². The molecule has 0 saturated carbocycles. The molecule has 1 heterocycles. The normalized spacial score (nSPS) is 11.8. The number of aryl methyl sites for hydroxylation is 4. The number of ether oxygens (including phenoxy) is 1. The van der Waals surface area contributed by atoms with Crippen LogP contribution in [0.2, 0.25) is 19.6 Å². The Kier molecular flexibility index (Phi) is 15.5. The number of benzene rings is 3. The number of aromatic nitrogens is 1. The summed E-state index contributed by atoms with van der Waals surface area (Å²) in [6.07, 6.45) is 4.91. The van der Waals surface area contributed by atoms with Crippen molar-refractivity contribution in [1.82, 2.24) is 4.98 Å². The first-order valence-electron chi connectivity index (χ1n) is 17.2. The second-order valence-electron chi connectivity index (χ2n) is 13.9. The number of carbonyl (C=O) groups is 1. The zero-order valence-corrected chi connectivity index (χ0v) is 34.6. The third-order valence-electron chi connectivity index (χ3n) is 9.19. The van der Waals surface area contributed by atoms with Gasteiger partial charge in [-0.15, -0.1) is 34.9 Å². The number of rotatable bonds is 11. The van der Waals surface area contributed by atoms with Gasteiger partial charge in [0.05, 0.1) is 26.5 Å². The fraction of sp³-hybridized carbons (Fsp3) is 0.429. The van der Waals surface area contributed by atoms with Crippen molar-refractivity contribution in [3.8, 4) is 28.1 Å². The number of hydrogen-bond donors (Lipinski definition) is 1. The van der Waals surface area contributed by atoms with Crippen molar-refractivity contribution >= 4 is 29.9 Å². The minimum Gasteiger partial charge on any atom is -0.512 e. The van der Waals surface area contributed by atoms with Crippen molar-refractivity contribution in [3.05, 3.63) is 88.7 Å². The van der Waals surface area contributed by atoms with Gasteiger partial charge in [-0.1, -0.05) is 84.6 Å². The van der Waals surface area contributed by atoms with Gasteiger partial charge in [0.25, 0.3) is 0 Å². The van der Waals surface area contributed by atoms with E-state index in [9.17, 15) is 9.90 Å². The summed E-state index contributed by atoms with van der Waals surface area (Å²) in [5.41, 5.74) is 10.3. The fourth-order valence-corrected chi connectivity index (χ4v) is 7.48. The first-order chi connectivity index (χ1) is 22.2. The van der Waals surface area contributed by atoms with Crippen LogP contribution in [0.15, 0.2) is 60.4 Å². The Morgan fingerprint density at radius 2 is 1.46 bits per heavy atom. The zero-order valence-electron chi connectivity index (χ0n) is 31.2. The van der Waals surface area contributed by atoms with Gasteiger partial charge >= 0.3 is 0 Å². The van der Waals surface area contributed by atoms with Crippen molar-refractivity contribution < 1.29 is 34.7 Å². The largest absolute Gasteiger partial charge is 0.512 e. The molecule has 6 heteroatoms. The van der Waals surface area contributed by atoms with Crippen LogP contribution < -0.4 is 9.92 Å². The Labute approximate surface area is 304 Å². The molecule has 0 aliphatic heterocycles.